The topological polar surface area (TPSA) is 81.5 Å². The number of rotatable bonds is 5. The summed E-state index contributed by atoms with van der Waals surface area (Å²) in [6.07, 6.45) is 4.34. The number of halogens is 1. The molecular formula is C24H19FN6O2. The molecule has 4 heterocycles. The Morgan fingerprint density at radius 2 is 1.88 bits per heavy atom. The highest BCUT2D eigenvalue weighted by Crippen LogP contribution is 2.28. The summed E-state index contributed by atoms with van der Waals surface area (Å²) in [6.45, 7) is 1.62. The normalized spacial score (nSPS) is 13.1. The molecule has 0 N–H and O–H groups in total. The minimum Gasteiger partial charge on any atom is -0.362 e. The molecule has 0 atom stereocenters. The van der Waals surface area contributed by atoms with Crippen molar-refractivity contribution < 1.29 is 8.91 Å². The van der Waals surface area contributed by atoms with E-state index in [9.17, 15) is 9.18 Å². The lowest BCUT2D eigenvalue weighted by Crippen LogP contribution is -2.22. The fourth-order valence-electron chi connectivity index (χ4n) is 4.22. The SMILES string of the molecule is O=c1c2cc(-c3ccc(F)cc3)nn2ccn1Cc1noc(CN2CCc3ccccc32)n1. The Balaban J connectivity index is 1.23. The molecule has 1 aliphatic rings. The van der Waals surface area contributed by atoms with Gasteiger partial charge in [-0.1, -0.05) is 23.4 Å². The van der Waals surface area contributed by atoms with Crippen molar-refractivity contribution in [1.29, 1.82) is 0 Å². The van der Waals surface area contributed by atoms with Gasteiger partial charge in [-0.05, 0) is 48.4 Å². The largest absolute Gasteiger partial charge is 0.362 e. The molecule has 0 bridgehead atoms. The van der Waals surface area contributed by atoms with Crippen molar-refractivity contribution in [2.75, 3.05) is 11.4 Å². The Kier molecular flexibility index (Phi) is 4.53. The second kappa shape index (κ2) is 7.70. The highest BCUT2D eigenvalue weighted by Gasteiger charge is 2.21. The first-order valence-corrected chi connectivity index (χ1v) is 10.6. The van der Waals surface area contributed by atoms with Gasteiger partial charge in [-0.15, -0.1) is 0 Å². The third kappa shape index (κ3) is 3.57. The number of aromatic nitrogens is 5. The van der Waals surface area contributed by atoms with Crippen LogP contribution in [-0.4, -0.2) is 30.9 Å². The zero-order valence-electron chi connectivity index (χ0n) is 17.6. The lowest BCUT2D eigenvalue weighted by atomic mass is 10.1. The van der Waals surface area contributed by atoms with Gasteiger partial charge in [-0.3, -0.25) is 4.79 Å². The van der Waals surface area contributed by atoms with Gasteiger partial charge >= 0.3 is 0 Å². The lowest BCUT2D eigenvalue weighted by molar-refractivity contribution is 0.370. The maximum Gasteiger partial charge on any atom is 0.277 e. The second-order valence-electron chi connectivity index (χ2n) is 8.00. The number of nitrogens with zero attached hydrogens (tertiary/aromatic N) is 6. The van der Waals surface area contributed by atoms with E-state index in [1.165, 1.54) is 32.5 Å². The van der Waals surface area contributed by atoms with Gasteiger partial charge in [0.1, 0.15) is 11.3 Å². The van der Waals surface area contributed by atoms with Crippen molar-refractivity contribution in [3.63, 3.8) is 0 Å². The van der Waals surface area contributed by atoms with E-state index in [0.29, 0.717) is 29.5 Å². The van der Waals surface area contributed by atoms with Crippen LogP contribution in [0.25, 0.3) is 16.8 Å². The molecule has 0 saturated heterocycles. The molecule has 2 aromatic carbocycles. The van der Waals surface area contributed by atoms with Crippen LogP contribution in [0.4, 0.5) is 10.1 Å². The molecule has 1 aliphatic heterocycles. The summed E-state index contributed by atoms with van der Waals surface area (Å²) in [5.41, 5.74) is 4.02. The van der Waals surface area contributed by atoms with Crippen LogP contribution in [-0.2, 0) is 19.5 Å². The summed E-state index contributed by atoms with van der Waals surface area (Å²) in [5, 5.41) is 8.49. The van der Waals surface area contributed by atoms with Crippen LogP contribution in [0.2, 0.25) is 0 Å². The van der Waals surface area contributed by atoms with Crippen molar-refractivity contribution in [3.05, 3.63) is 100 Å². The molecule has 164 valence electrons. The average Bonchev–Trinajstić information content (AvgIpc) is 3.56. The summed E-state index contributed by atoms with van der Waals surface area (Å²) in [7, 11) is 0. The number of fused-ring (bicyclic) bond motifs is 2. The number of anilines is 1. The second-order valence-corrected chi connectivity index (χ2v) is 8.00. The van der Waals surface area contributed by atoms with Gasteiger partial charge in [-0.25, -0.2) is 8.91 Å². The molecule has 0 spiro atoms. The summed E-state index contributed by atoms with van der Waals surface area (Å²) in [5.74, 6) is 0.624. The van der Waals surface area contributed by atoms with Crippen LogP contribution < -0.4 is 10.5 Å². The molecule has 0 amide bonds. The first-order chi connectivity index (χ1) is 16.1. The lowest BCUT2D eigenvalue weighted by Gasteiger charge is -2.16. The molecule has 8 nitrogen and oxygen atoms in total. The van der Waals surface area contributed by atoms with Gasteiger partial charge in [0.05, 0.1) is 18.8 Å². The molecule has 0 radical (unpaired) electrons. The molecule has 33 heavy (non-hydrogen) atoms. The van der Waals surface area contributed by atoms with Gasteiger partial charge in [-0.2, -0.15) is 10.1 Å². The van der Waals surface area contributed by atoms with Crippen LogP contribution in [0.5, 0.6) is 0 Å². The van der Waals surface area contributed by atoms with Crippen LogP contribution in [0.15, 0.2) is 76.3 Å². The first kappa shape index (κ1) is 19.4. The zero-order valence-corrected chi connectivity index (χ0v) is 17.6. The van der Waals surface area contributed by atoms with E-state index < -0.39 is 0 Å². The maximum atomic E-state index is 13.2. The first-order valence-electron chi connectivity index (χ1n) is 10.6. The van der Waals surface area contributed by atoms with E-state index in [4.69, 9.17) is 4.52 Å². The van der Waals surface area contributed by atoms with E-state index in [0.717, 1.165) is 18.5 Å². The highest BCUT2D eigenvalue weighted by atomic mass is 19.1. The Hall–Kier alpha value is -4.27. The summed E-state index contributed by atoms with van der Waals surface area (Å²) >= 11 is 0. The fourth-order valence-corrected chi connectivity index (χ4v) is 4.22. The zero-order chi connectivity index (χ0) is 22.4. The van der Waals surface area contributed by atoms with E-state index in [2.05, 4.69) is 32.3 Å². The minimum atomic E-state index is -0.321. The van der Waals surface area contributed by atoms with Gasteiger partial charge < -0.3 is 14.0 Å². The Morgan fingerprint density at radius 1 is 1.03 bits per heavy atom. The van der Waals surface area contributed by atoms with Crippen LogP contribution in [0, 0.1) is 5.82 Å². The minimum absolute atomic E-state index is 0.187. The molecule has 0 aliphatic carbocycles. The molecule has 9 heteroatoms. The van der Waals surface area contributed by atoms with E-state index in [1.54, 1.807) is 30.6 Å². The quantitative estimate of drug-likeness (QED) is 0.416. The van der Waals surface area contributed by atoms with E-state index in [-0.39, 0.29) is 17.9 Å². The molecule has 0 unspecified atom stereocenters. The fraction of sp³-hybridized carbons (Fsp3) is 0.167. The Morgan fingerprint density at radius 3 is 2.76 bits per heavy atom. The molecule has 5 aromatic rings. The van der Waals surface area contributed by atoms with Crippen molar-refractivity contribution in [2.24, 2.45) is 0 Å². The van der Waals surface area contributed by atoms with Gasteiger partial charge in [0.2, 0.25) is 5.89 Å². The smallest absolute Gasteiger partial charge is 0.277 e. The van der Waals surface area contributed by atoms with Crippen molar-refractivity contribution in [2.45, 2.75) is 19.5 Å². The summed E-state index contributed by atoms with van der Waals surface area (Å²) in [4.78, 5) is 19.7. The van der Waals surface area contributed by atoms with Gasteiger partial charge in [0.25, 0.3) is 5.56 Å². The van der Waals surface area contributed by atoms with Gasteiger partial charge in [0, 0.05) is 30.2 Å². The standard InChI is InChI=1S/C24H19FN6O2/c25-18-7-5-16(6-8-18)19-13-21-24(32)30(11-12-31(21)27-19)14-22-26-23(33-28-22)15-29-10-9-17-3-1-2-4-20(17)29/h1-8,11-13H,9-10,14-15H2. The number of hydrogen-bond donors (Lipinski definition) is 0. The molecule has 6 rings (SSSR count). The van der Waals surface area contributed by atoms with E-state index in [1.807, 2.05) is 12.1 Å². The van der Waals surface area contributed by atoms with Crippen LogP contribution in [0.1, 0.15) is 17.3 Å². The number of benzene rings is 2. The molecule has 0 saturated carbocycles. The third-order valence-corrected chi connectivity index (χ3v) is 5.87. The molecule has 3 aromatic heterocycles. The van der Waals surface area contributed by atoms with Crippen LogP contribution in [0.3, 0.4) is 0 Å². The van der Waals surface area contributed by atoms with Crippen molar-refractivity contribution >= 4 is 11.2 Å². The summed E-state index contributed by atoms with van der Waals surface area (Å²) < 4.78 is 21.7. The Bertz CT molecular complexity index is 1520. The van der Waals surface area contributed by atoms with E-state index >= 15 is 0 Å². The van der Waals surface area contributed by atoms with Crippen molar-refractivity contribution in [3.8, 4) is 11.3 Å². The van der Waals surface area contributed by atoms with Crippen molar-refractivity contribution in [1.82, 2.24) is 24.3 Å². The third-order valence-electron chi connectivity index (χ3n) is 5.87. The molecular weight excluding hydrogens is 423 g/mol. The monoisotopic (exact) mass is 442 g/mol. The maximum absolute atomic E-state index is 13.2. The number of para-hydroxylation sites is 1. The summed E-state index contributed by atoms with van der Waals surface area (Å²) in [6, 6.07) is 16.0. The number of hydrogen-bond acceptors (Lipinski definition) is 6. The Labute approximate surface area is 187 Å². The predicted molar refractivity (Wildman–Crippen MR) is 119 cm³/mol. The molecule has 0 fully saturated rings. The van der Waals surface area contributed by atoms with Crippen LogP contribution >= 0.6 is 0 Å². The highest BCUT2D eigenvalue weighted by molar-refractivity contribution is 5.65. The van der Waals surface area contributed by atoms with Gasteiger partial charge in [0.15, 0.2) is 5.82 Å². The predicted octanol–water partition coefficient (Wildman–Crippen LogP) is 3.30. The average molecular weight is 442 g/mol.